The zero-order chi connectivity index (χ0) is 22.0. The topological polar surface area (TPSA) is 94.5 Å². The fourth-order valence-corrected chi connectivity index (χ4v) is 3.66. The normalized spacial score (nSPS) is 14.8. The van der Waals surface area contributed by atoms with Gasteiger partial charge in [0, 0.05) is 12.8 Å². The number of carbonyl (C=O) groups excluding carboxylic acids is 2. The van der Waals surface area contributed by atoms with Crippen molar-refractivity contribution in [3.05, 3.63) is 59.8 Å². The van der Waals surface area contributed by atoms with E-state index in [1.165, 1.54) is 0 Å². The first-order valence-corrected chi connectivity index (χ1v) is 9.92. The molecule has 0 fully saturated rings. The van der Waals surface area contributed by atoms with E-state index < -0.39 is 6.04 Å². The van der Waals surface area contributed by atoms with Gasteiger partial charge in [-0.2, -0.15) is 5.10 Å². The molecule has 1 unspecified atom stereocenters. The molecule has 1 atom stereocenters. The number of rotatable bonds is 7. The van der Waals surface area contributed by atoms with E-state index in [1.54, 1.807) is 18.9 Å². The number of ether oxygens (including phenoxy) is 2. The molecule has 4 rings (SSSR count). The van der Waals surface area contributed by atoms with Crippen LogP contribution in [0.4, 0.5) is 11.5 Å². The standard InChI is InChI=1S/C23H24N4O4/c1-14-7-9-16(10-8-14)24-20(28)12-19-23(29)25-22-21(18(13-30-2)26-27(19)22)15-5-4-6-17(11-15)31-3/h4-11,19H,12-13H2,1-3H3,(H,24,28)(H,25,29). The Balaban J connectivity index is 1.63. The molecule has 1 aliphatic rings. The second-order valence-electron chi connectivity index (χ2n) is 7.40. The van der Waals surface area contributed by atoms with Crippen LogP contribution in [0.25, 0.3) is 11.1 Å². The molecule has 0 radical (unpaired) electrons. The molecule has 0 saturated carbocycles. The predicted molar refractivity (Wildman–Crippen MR) is 117 cm³/mol. The zero-order valence-corrected chi connectivity index (χ0v) is 17.6. The summed E-state index contributed by atoms with van der Waals surface area (Å²) < 4.78 is 12.2. The average Bonchev–Trinajstić information content (AvgIpc) is 3.25. The summed E-state index contributed by atoms with van der Waals surface area (Å²) >= 11 is 0. The molecule has 0 aliphatic carbocycles. The van der Waals surface area contributed by atoms with Gasteiger partial charge in [0.2, 0.25) is 5.91 Å². The number of methoxy groups -OCH3 is 2. The summed E-state index contributed by atoms with van der Waals surface area (Å²) in [6.07, 6.45) is -0.0294. The Kier molecular flexibility index (Phi) is 5.73. The van der Waals surface area contributed by atoms with Crippen LogP contribution in [0, 0.1) is 6.92 Å². The molecule has 0 saturated heterocycles. The van der Waals surface area contributed by atoms with E-state index in [2.05, 4.69) is 15.7 Å². The maximum absolute atomic E-state index is 12.7. The number of amides is 2. The van der Waals surface area contributed by atoms with Gasteiger partial charge in [0.25, 0.3) is 5.91 Å². The quantitative estimate of drug-likeness (QED) is 0.610. The Labute approximate surface area is 180 Å². The molecule has 2 aromatic carbocycles. The minimum absolute atomic E-state index is 0.0294. The van der Waals surface area contributed by atoms with Crippen LogP contribution >= 0.6 is 0 Å². The highest BCUT2D eigenvalue weighted by Crippen LogP contribution is 2.39. The molecule has 1 aromatic heterocycles. The van der Waals surface area contributed by atoms with E-state index in [0.717, 1.165) is 16.7 Å². The van der Waals surface area contributed by atoms with Crippen LogP contribution in [0.5, 0.6) is 5.75 Å². The number of nitrogens with one attached hydrogen (secondary N) is 2. The lowest BCUT2D eigenvalue weighted by molar-refractivity contribution is -0.123. The van der Waals surface area contributed by atoms with Gasteiger partial charge in [0.05, 0.1) is 31.4 Å². The Morgan fingerprint density at radius 3 is 2.68 bits per heavy atom. The summed E-state index contributed by atoms with van der Waals surface area (Å²) in [4.78, 5) is 25.3. The number of fused-ring (bicyclic) bond motifs is 1. The molecule has 3 aromatic rings. The van der Waals surface area contributed by atoms with E-state index >= 15 is 0 Å². The highest BCUT2D eigenvalue weighted by atomic mass is 16.5. The van der Waals surface area contributed by atoms with Gasteiger partial charge in [-0.3, -0.25) is 9.59 Å². The van der Waals surface area contributed by atoms with Crippen molar-refractivity contribution in [2.75, 3.05) is 24.9 Å². The Bertz CT molecular complexity index is 1120. The van der Waals surface area contributed by atoms with Crippen molar-refractivity contribution in [2.45, 2.75) is 26.0 Å². The first-order chi connectivity index (χ1) is 15.0. The lowest BCUT2D eigenvalue weighted by atomic mass is 10.1. The maximum Gasteiger partial charge on any atom is 0.251 e. The highest BCUT2D eigenvalue weighted by Gasteiger charge is 2.37. The second kappa shape index (κ2) is 8.61. The Morgan fingerprint density at radius 2 is 1.97 bits per heavy atom. The number of benzene rings is 2. The van der Waals surface area contributed by atoms with Crippen molar-refractivity contribution in [2.24, 2.45) is 0 Å². The van der Waals surface area contributed by atoms with E-state index in [1.807, 2.05) is 55.5 Å². The first-order valence-electron chi connectivity index (χ1n) is 9.92. The summed E-state index contributed by atoms with van der Waals surface area (Å²) in [5, 5.41) is 10.3. The van der Waals surface area contributed by atoms with E-state index in [4.69, 9.17) is 9.47 Å². The van der Waals surface area contributed by atoms with Gasteiger partial charge in [0.1, 0.15) is 17.6 Å². The third kappa shape index (κ3) is 4.15. The molecule has 160 valence electrons. The van der Waals surface area contributed by atoms with Crippen LogP contribution in [-0.2, 0) is 20.9 Å². The van der Waals surface area contributed by atoms with Crippen LogP contribution in [0.1, 0.15) is 23.7 Å². The van der Waals surface area contributed by atoms with Crippen molar-refractivity contribution in [3.63, 3.8) is 0 Å². The van der Waals surface area contributed by atoms with Crippen molar-refractivity contribution in [1.82, 2.24) is 9.78 Å². The molecule has 31 heavy (non-hydrogen) atoms. The largest absolute Gasteiger partial charge is 0.497 e. The maximum atomic E-state index is 12.7. The number of hydrogen-bond acceptors (Lipinski definition) is 5. The van der Waals surface area contributed by atoms with Crippen LogP contribution < -0.4 is 15.4 Å². The Hall–Kier alpha value is -3.65. The zero-order valence-electron chi connectivity index (χ0n) is 17.6. The fraction of sp³-hybridized carbons (Fsp3) is 0.261. The molecular formula is C23H24N4O4. The molecule has 8 heteroatoms. The van der Waals surface area contributed by atoms with Crippen molar-refractivity contribution >= 4 is 23.3 Å². The van der Waals surface area contributed by atoms with Gasteiger partial charge >= 0.3 is 0 Å². The summed E-state index contributed by atoms with van der Waals surface area (Å²) in [5.41, 5.74) is 4.07. The van der Waals surface area contributed by atoms with Gasteiger partial charge < -0.3 is 20.1 Å². The minimum Gasteiger partial charge on any atom is -0.497 e. The third-order valence-electron chi connectivity index (χ3n) is 5.18. The lowest BCUT2D eigenvalue weighted by Gasteiger charge is -2.10. The smallest absolute Gasteiger partial charge is 0.251 e. The van der Waals surface area contributed by atoms with Crippen LogP contribution in [0.15, 0.2) is 48.5 Å². The van der Waals surface area contributed by atoms with Crippen molar-refractivity contribution in [3.8, 4) is 16.9 Å². The number of nitrogens with zero attached hydrogens (tertiary/aromatic N) is 2. The van der Waals surface area contributed by atoms with Crippen molar-refractivity contribution < 1.29 is 19.1 Å². The number of anilines is 2. The second-order valence-corrected chi connectivity index (χ2v) is 7.40. The Morgan fingerprint density at radius 1 is 1.19 bits per heavy atom. The van der Waals surface area contributed by atoms with E-state index in [-0.39, 0.29) is 24.8 Å². The molecule has 8 nitrogen and oxygen atoms in total. The molecular weight excluding hydrogens is 396 g/mol. The fourth-order valence-electron chi connectivity index (χ4n) is 3.66. The molecule has 0 bridgehead atoms. The SMILES string of the molecule is COCc1nn2c(c1-c1cccc(OC)c1)NC(=O)C2CC(=O)Nc1ccc(C)cc1. The highest BCUT2D eigenvalue weighted by molar-refractivity contribution is 6.04. The van der Waals surface area contributed by atoms with Gasteiger partial charge in [-0.05, 0) is 36.8 Å². The minimum atomic E-state index is -0.740. The van der Waals surface area contributed by atoms with Gasteiger partial charge in [-0.15, -0.1) is 0 Å². The van der Waals surface area contributed by atoms with Crippen LogP contribution in [0.3, 0.4) is 0 Å². The molecule has 2 N–H and O–H groups in total. The van der Waals surface area contributed by atoms with Gasteiger partial charge in [0.15, 0.2) is 0 Å². The first kappa shape index (κ1) is 20.6. The van der Waals surface area contributed by atoms with E-state index in [9.17, 15) is 9.59 Å². The third-order valence-corrected chi connectivity index (χ3v) is 5.18. The number of aromatic nitrogens is 2. The molecule has 1 aliphatic heterocycles. The summed E-state index contributed by atoms with van der Waals surface area (Å²) in [7, 11) is 3.19. The van der Waals surface area contributed by atoms with Gasteiger partial charge in [-0.1, -0.05) is 29.8 Å². The predicted octanol–water partition coefficient (Wildman–Crippen LogP) is 3.54. The molecule has 2 amide bonds. The van der Waals surface area contributed by atoms with Crippen molar-refractivity contribution in [1.29, 1.82) is 0 Å². The molecule has 0 spiro atoms. The number of hydrogen-bond donors (Lipinski definition) is 2. The lowest BCUT2D eigenvalue weighted by Crippen LogP contribution is -2.24. The van der Waals surface area contributed by atoms with Crippen LogP contribution in [-0.4, -0.2) is 35.8 Å². The van der Waals surface area contributed by atoms with E-state index in [0.29, 0.717) is 22.9 Å². The summed E-state index contributed by atoms with van der Waals surface area (Å²) in [6, 6.07) is 14.3. The van der Waals surface area contributed by atoms with Crippen LogP contribution in [0.2, 0.25) is 0 Å². The van der Waals surface area contributed by atoms with Gasteiger partial charge in [-0.25, -0.2) is 4.68 Å². The monoisotopic (exact) mass is 420 g/mol. The summed E-state index contributed by atoms with van der Waals surface area (Å²) in [5.74, 6) is 0.718. The number of aryl methyl sites for hydroxylation is 1. The summed E-state index contributed by atoms with van der Waals surface area (Å²) in [6.45, 7) is 2.25. The molecule has 2 heterocycles. The average molecular weight is 420 g/mol. The number of carbonyl (C=O) groups is 2.